The van der Waals surface area contributed by atoms with Crippen LogP contribution in [0.2, 0.25) is 0 Å². The number of aryl methyl sites for hydroxylation is 1. The number of ether oxygens (including phenoxy) is 1. The van der Waals surface area contributed by atoms with E-state index in [-0.39, 0.29) is 11.2 Å². The molecule has 0 fully saturated rings. The van der Waals surface area contributed by atoms with Crippen LogP contribution in [0, 0.1) is 12.7 Å². The zero-order chi connectivity index (χ0) is 18.5. The molecular formula is C21H22FN3O. The van der Waals surface area contributed by atoms with Crippen molar-refractivity contribution in [3.63, 3.8) is 0 Å². The Balaban J connectivity index is 2.11. The molecule has 4 rings (SSSR count). The zero-order valence-electron chi connectivity index (χ0n) is 15.4. The lowest BCUT2D eigenvalue weighted by molar-refractivity contribution is 0.143. The molecule has 26 heavy (non-hydrogen) atoms. The fourth-order valence-electron chi connectivity index (χ4n) is 3.98. The van der Waals surface area contributed by atoms with Crippen molar-refractivity contribution in [3.8, 4) is 5.69 Å². The van der Waals surface area contributed by atoms with Crippen molar-refractivity contribution in [2.45, 2.75) is 26.2 Å². The molecule has 0 radical (unpaired) electrons. The molecule has 2 aromatic heterocycles. The van der Waals surface area contributed by atoms with Gasteiger partial charge in [-0.15, -0.1) is 0 Å². The standard InChI is InChI=1S/C21H22FN3O/c1-13-17-10-18-14(11-23-24-18)9-19(17)25(16-7-5-15(22)6-8-16)20(13)21(2,3)12-26-4/h5-11H,12H2,1-4H3,(H,23,24). The third-order valence-corrected chi connectivity index (χ3v) is 5.01. The van der Waals surface area contributed by atoms with E-state index in [0.717, 1.165) is 27.5 Å². The van der Waals surface area contributed by atoms with Gasteiger partial charge >= 0.3 is 0 Å². The Morgan fingerprint density at radius 1 is 1.19 bits per heavy atom. The number of rotatable bonds is 4. The van der Waals surface area contributed by atoms with Crippen LogP contribution in [0.25, 0.3) is 27.5 Å². The summed E-state index contributed by atoms with van der Waals surface area (Å²) in [6, 6.07) is 10.9. The molecule has 0 saturated heterocycles. The average Bonchev–Trinajstić information content (AvgIpc) is 3.16. The van der Waals surface area contributed by atoms with Gasteiger partial charge < -0.3 is 9.30 Å². The lowest BCUT2D eigenvalue weighted by Crippen LogP contribution is -2.27. The van der Waals surface area contributed by atoms with E-state index >= 15 is 0 Å². The molecular weight excluding hydrogens is 329 g/mol. The van der Waals surface area contributed by atoms with Gasteiger partial charge in [-0.05, 0) is 48.9 Å². The van der Waals surface area contributed by atoms with Gasteiger partial charge in [0.25, 0.3) is 0 Å². The maximum Gasteiger partial charge on any atom is 0.123 e. The highest BCUT2D eigenvalue weighted by molar-refractivity contribution is 5.98. The van der Waals surface area contributed by atoms with E-state index in [1.54, 1.807) is 7.11 Å². The number of H-pyrrole nitrogens is 1. The molecule has 0 atom stereocenters. The average molecular weight is 351 g/mol. The number of fused-ring (bicyclic) bond motifs is 2. The number of methoxy groups -OCH3 is 1. The van der Waals surface area contributed by atoms with E-state index in [2.05, 4.69) is 47.7 Å². The molecule has 0 unspecified atom stereocenters. The lowest BCUT2D eigenvalue weighted by atomic mass is 9.87. The Morgan fingerprint density at radius 2 is 1.92 bits per heavy atom. The van der Waals surface area contributed by atoms with Crippen LogP contribution in [-0.4, -0.2) is 28.5 Å². The second-order valence-corrected chi connectivity index (χ2v) is 7.43. The van der Waals surface area contributed by atoms with Gasteiger partial charge in [0.1, 0.15) is 5.82 Å². The zero-order valence-corrected chi connectivity index (χ0v) is 15.4. The third-order valence-electron chi connectivity index (χ3n) is 5.01. The Kier molecular flexibility index (Phi) is 3.84. The van der Waals surface area contributed by atoms with Gasteiger partial charge in [0.05, 0.1) is 23.8 Å². The van der Waals surface area contributed by atoms with Crippen LogP contribution in [0.15, 0.2) is 42.6 Å². The first-order chi connectivity index (χ1) is 12.4. The number of hydrogen-bond acceptors (Lipinski definition) is 2. The molecule has 2 heterocycles. The predicted molar refractivity (Wildman–Crippen MR) is 103 cm³/mol. The topological polar surface area (TPSA) is 42.8 Å². The summed E-state index contributed by atoms with van der Waals surface area (Å²) in [7, 11) is 1.72. The number of aromatic nitrogens is 3. The largest absolute Gasteiger partial charge is 0.384 e. The van der Waals surface area contributed by atoms with Gasteiger partial charge in [-0.25, -0.2) is 4.39 Å². The van der Waals surface area contributed by atoms with Crippen LogP contribution in [-0.2, 0) is 10.2 Å². The number of hydrogen-bond donors (Lipinski definition) is 1. The van der Waals surface area contributed by atoms with Crippen molar-refractivity contribution in [1.82, 2.24) is 14.8 Å². The van der Waals surface area contributed by atoms with Gasteiger partial charge in [-0.3, -0.25) is 5.10 Å². The second kappa shape index (κ2) is 5.95. The van der Waals surface area contributed by atoms with Crippen molar-refractivity contribution in [3.05, 3.63) is 59.7 Å². The van der Waals surface area contributed by atoms with Gasteiger partial charge in [-0.2, -0.15) is 5.10 Å². The number of nitrogens with one attached hydrogen (secondary N) is 1. The van der Waals surface area contributed by atoms with Crippen molar-refractivity contribution in [2.24, 2.45) is 0 Å². The maximum atomic E-state index is 13.5. The SMILES string of the molecule is COCC(C)(C)c1c(C)c2cc3[nH]ncc3cc2n1-c1ccc(F)cc1. The highest BCUT2D eigenvalue weighted by Gasteiger charge is 2.30. The van der Waals surface area contributed by atoms with Gasteiger partial charge in [0, 0.05) is 34.7 Å². The van der Waals surface area contributed by atoms with E-state index in [1.165, 1.54) is 23.4 Å². The quantitative estimate of drug-likeness (QED) is 0.569. The van der Waals surface area contributed by atoms with Crippen LogP contribution in [0.3, 0.4) is 0 Å². The maximum absolute atomic E-state index is 13.5. The summed E-state index contributed by atoms with van der Waals surface area (Å²) >= 11 is 0. The molecule has 0 aliphatic rings. The van der Waals surface area contributed by atoms with E-state index in [9.17, 15) is 4.39 Å². The van der Waals surface area contributed by atoms with Crippen LogP contribution in [0.1, 0.15) is 25.1 Å². The van der Waals surface area contributed by atoms with E-state index in [0.29, 0.717) is 6.61 Å². The molecule has 0 saturated carbocycles. The fourth-order valence-corrected chi connectivity index (χ4v) is 3.98. The summed E-state index contributed by atoms with van der Waals surface area (Å²) in [4.78, 5) is 0. The van der Waals surface area contributed by atoms with Gasteiger partial charge in [0.2, 0.25) is 0 Å². The minimum absolute atomic E-state index is 0.210. The molecule has 2 aromatic carbocycles. The number of aromatic amines is 1. The lowest BCUT2D eigenvalue weighted by Gasteiger charge is -2.27. The molecule has 134 valence electrons. The van der Waals surface area contributed by atoms with Crippen molar-refractivity contribution in [2.75, 3.05) is 13.7 Å². The Labute approximate surface area is 151 Å². The number of halogens is 1. The van der Waals surface area contributed by atoms with Crippen LogP contribution in [0.4, 0.5) is 4.39 Å². The Bertz CT molecular complexity index is 1090. The molecule has 0 aliphatic carbocycles. The van der Waals surface area contributed by atoms with Crippen LogP contribution < -0.4 is 0 Å². The van der Waals surface area contributed by atoms with E-state index in [4.69, 9.17) is 4.74 Å². The molecule has 0 bridgehead atoms. The van der Waals surface area contributed by atoms with Crippen LogP contribution in [0.5, 0.6) is 0 Å². The molecule has 4 nitrogen and oxygen atoms in total. The normalized spacial score (nSPS) is 12.3. The van der Waals surface area contributed by atoms with Gasteiger partial charge in [0.15, 0.2) is 0 Å². The monoisotopic (exact) mass is 351 g/mol. The molecule has 4 aromatic rings. The number of benzene rings is 2. The molecule has 0 spiro atoms. The molecule has 0 amide bonds. The van der Waals surface area contributed by atoms with Crippen LogP contribution >= 0.6 is 0 Å². The minimum atomic E-state index is -0.239. The van der Waals surface area contributed by atoms with E-state index < -0.39 is 0 Å². The summed E-state index contributed by atoms with van der Waals surface area (Å²) in [5.41, 5.74) is 5.18. The number of nitrogens with zero attached hydrogens (tertiary/aromatic N) is 2. The summed E-state index contributed by atoms with van der Waals surface area (Å²) in [6.07, 6.45) is 1.83. The van der Waals surface area contributed by atoms with Crippen molar-refractivity contribution < 1.29 is 9.13 Å². The Morgan fingerprint density at radius 3 is 2.62 bits per heavy atom. The van der Waals surface area contributed by atoms with Crippen molar-refractivity contribution >= 4 is 21.8 Å². The third kappa shape index (κ3) is 2.51. The first-order valence-electron chi connectivity index (χ1n) is 8.66. The summed E-state index contributed by atoms with van der Waals surface area (Å²) in [5, 5.41) is 9.40. The summed E-state index contributed by atoms with van der Waals surface area (Å²) in [5.74, 6) is -0.239. The van der Waals surface area contributed by atoms with E-state index in [1.807, 2.05) is 18.3 Å². The first kappa shape index (κ1) is 16.8. The fraction of sp³-hybridized carbons (Fsp3) is 0.286. The summed E-state index contributed by atoms with van der Waals surface area (Å²) in [6.45, 7) is 7.07. The Hall–Kier alpha value is -2.66. The summed E-state index contributed by atoms with van der Waals surface area (Å²) < 4.78 is 21.2. The highest BCUT2D eigenvalue weighted by Crippen LogP contribution is 2.38. The van der Waals surface area contributed by atoms with Gasteiger partial charge in [-0.1, -0.05) is 13.8 Å². The second-order valence-electron chi connectivity index (χ2n) is 7.43. The predicted octanol–water partition coefficient (Wildman–Crippen LogP) is 4.88. The highest BCUT2D eigenvalue weighted by atomic mass is 19.1. The molecule has 0 aliphatic heterocycles. The smallest absolute Gasteiger partial charge is 0.123 e. The molecule has 1 N–H and O–H groups in total. The minimum Gasteiger partial charge on any atom is -0.384 e. The molecule has 5 heteroatoms. The van der Waals surface area contributed by atoms with Crippen molar-refractivity contribution in [1.29, 1.82) is 0 Å². The first-order valence-corrected chi connectivity index (χ1v) is 8.66.